The summed E-state index contributed by atoms with van der Waals surface area (Å²) in [5, 5.41) is 1.22. The van der Waals surface area contributed by atoms with Gasteiger partial charge in [-0.25, -0.2) is 0 Å². The summed E-state index contributed by atoms with van der Waals surface area (Å²) >= 11 is 11.8. The molecule has 0 aliphatic carbocycles. The molecule has 6 heteroatoms. The molecule has 0 aromatic heterocycles. The third kappa shape index (κ3) is 4.28. The molecule has 0 unspecified atom stereocenters. The van der Waals surface area contributed by atoms with Crippen LogP contribution in [0.15, 0.2) is 60.0 Å². The summed E-state index contributed by atoms with van der Waals surface area (Å²) in [6.07, 6.45) is 3.24. The van der Waals surface area contributed by atoms with Crippen molar-refractivity contribution in [3.05, 3.63) is 81.2 Å². The standard InChI is InChI=1S/C20H16Cl2O4/c1-20(24-2)25-17(11-13-3-7-15(21)8-4-13)19(23)18(26-20)12-14-5-9-16(22)10-6-14/h3-12H,1-2H3/b17-11-,18-12-. The molecule has 0 radical (unpaired) electrons. The van der Waals surface area contributed by atoms with Crippen LogP contribution >= 0.6 is 23.2 Å². The SMILES string of the molecule is COC1(C)O/C(=C\c2ccc(Cl)cc2)C(=O)/C(=C/c2ccc(Cl)cc2)O1. The predicted octanol–water partition coefficient (Wildman–Crippen LogP) is 5.31. The minimum Gasteiger partial charge on any atom is -0.426 e. The Morgan fingerprint density at radius 3 is 1.58 bits per heavy atom. The first-order valence-electron chi connectivity index (χ1n) is 7.81. The van der Waals surface area contributed by atoms with Gasteiger partial charge < -0.3 is 14.2 Å². The highest BCUT2D eigenvalue weighted by molar-refractivity contribution is 6.30. The van der Waals surface area contributed by atoms with Crippen molar-refractivity contribution < 1.29 is 19.0 Å². The van der Waals surface area contributed by atoms with E-state index < -0.39 is 5.97 Å². The van der Waals surface area contributed by atoms with E-state index in [0.717, 1.165) is 11.1 Å². The van der Waals surface area contributed by atoms with Crippen molar-refractivity contribution in [3.8, 4) is 0 Å². The predicted molar refractivity (Wildman–Crippen MR) is 101 cm³/mol. The van der Waals surface area contributed by atoms with Crippen LogP contribution in [0, 0.1) is 0 Å². The van der Waals surface area contributed by atoms with E-state index >= 15 is 0 Å². The number of halogens is 2. The smallest absolute Gasteiger partial charge is 0.368 e. The van der Waals surface area contributed by atoms with Crippen LogP contribution in [0.1, 0.15) is 18.1 Å². The van der Waals surface area contributed by atoms with Gasteiger partial charge in [0.15, 0.2) is 11.5 Å². The summed E-state index contributed by atoms with van der Waals surface area (Å²) in [5.74, 6) is -1.57. The molecule has 0 spiro atoms. The molecule has 134 valence electrons. The second kappa shape index (κ2) is 7.54. The number of benzene rings is 2. The van der Waals surface area contributed by atoms with Crippen molar-refractivity contribution in [1.29, 1.82) is 0 Å². The van der Waals surface area contributed by atoms with E-state index in [9.17, 15) is 4.79 Å². The maximum atomic E-state index is 12.8. The number of rotatable bonds is 3. The molecule has 26 heavy (non-hydrogen) atoms. The van der Waals surface area contributed by atoms with E-state index in [2.05, 4.69) is 0 Å². The summed E-state index contributed by atoms with van der Waals surface area (Å²) in [6.45, 7) is 1.59. The van der Waals surface area contributed by atoms with E-state index in [1.165, 1.54) is 7.11 Å². The van der Waals surface area contributed by atoms with E-state index in [1.807, 2.05) is 0 Å². The molecule has 1 saturated heterocycles. The zero-order chi connectivity index (χ0) is 18.7. The van der Waals surface area contributed by atoms with Gasteiger partial charge in [-0.05, 0) is 47.5 Å². The largest absolute Gasteiger partial charge is 0.426 e. The lowest BCUT2D eigenvalue weighted by Gasteiger charge is -2.34. The van der Waals surface area contributed by atoms with Crippen LogP contribution in [0.5, 0.6) is 0 Å². The summed E-state index contributed by atoms with van der Waals surface area (Å²) in [6, 6.07) is 14.1. The molecule has 1 fully saturated rings. The third-order valence-corrected chi connectivity index (χ3v) is 4.25. The van der Waals surface area contributed by atoms with E-state index in [4.69, 9.17) is 37.4 Å². The molecule has 1 aliphatic heterocycles. The Labute approximate surface area is 161 Å². The highest BCUT2D eigenvalue weighted by atomic mass is 35.5. The minimum atomic E-state index is -1.41. The molecule has 0 N–H and O–H groups in total. The number of ketones is 1. The first-order chi connectivity index (χ1) is 12.4. The Kier molecular flexibility index (Phi) is 5.37. The summed E-state index contributed by atoms with van der Waals surface area (Å²) in [7, 11) is 1.44. The highest BCUT2D eigenvalue weighted by Gasteiger charge is 2.40. The molecule has 4 nitrogen and oxygen atoms in total. The molecular weight excluding hydrogens is 375 g/mol. The number of hydrogen-bond donors (Lipinski definition) is 0. The Hall–Kier alpha value is -2.27. The van der Waals surface area contributed by atoms with Crippen LogP contribution in [0.2, 0.25) is 10.0 Å². The average molecular weight is 391 g/mol. The van der Waals surface area contributed by atoms with Gasteiger partial charge in [-0.15, -0.1) is 0 Å². The molecule has 0 amide bonds. The Bertz CT molecular complexity index is 800. The fraction of sp³-hybridized carbons (Fsp3) is 0.150. The molecule has 2 aromatic rings. The van der Waals surface area contributed by atoms with Crippen molar-refractivity contribution in [3.63, 3.8) is 0 Å². The van der Waals surface area contributed by atoms with Gasteiger partial charge in [0.1, 0.15) is 0 Å². The van der Waals surface area contributed by atoms with Crippen molar-refractivity contribution in [2.24, 2.45) is 0 Å². The molecule has 3 rings (SSSR count). The summed E-state index contributed by atoms with van der Waals surface area (Å²) in [5.41, 5.74) is 1.54. The van der Waals surface area contributed by atoms with Crippen LogP contribution in [0.3, 0.4) is 0 Å². The molecule has 0 atom stereocenters. The summed E-state index contributed by atoms with van der Waals surface area (Å²) in [4.78, 5) is 12.8. The normalized spacial score (nSPS) is 23.0. The van der Waals surface area contributed by atoms with Crippen molar-refractivity contribution in [2.75, 3.05) is 7.11 Å². The second-order valence-corrected chi connectivity index (χ2v) is 6.59. The lowest BCUT2D eigenvalue weighted by Crippen LogP contribution is -2.41. The van der Waals surface area contributed by atoms with Gasteiger partial charge in [-0.1, -0.05) is 47.5 Å². The van der Waals surface area contributed by atoms with Gasteiger partial charge in [0.25, 0.3) is 5.78 Å². The first-order valence-corrected chi connectivity index (χ1v) is 8.56. The van der Waals surface area contributed by atoms with E-state index in [1.54, 1.807) is 67.6 Å². The van der Waals surface area contributed by atoms with E-state index in [-0.39, 0.29) is 17.3 Å². The van der Waals surface area contributed by atoms with Gasteiger partial charge in [-0.3, -0.25) is 4.79 Å². The Morgan fingerprint density at radius 1 is 0.846 bits per heavy atom. The van der Waals surface area contributed by atoms with Crippen molar-refractivity contribution >= 4 is 41.1 Å². The molecule has 2 aromatic carbocycles. The quantitative estimate of drug-likeness (QED) is 0.665. The molecule has 0 bridgehead atoms. The van der Waals surface area contributed by atoms with Gasteiger partial charge >= 0.3 is 5.97 Å². The number of Topliss-reactive ketones (excluding diaryl/α,β-unsaturated/α-hetero) is 1. The lowest BCUT2D eigenvalue weighted by molar-refractivity contribution is -0.334. The maximum absolute atomic E-state index is 12.8. The monoisotopic (exact) mass is 390 g/mol. The first kappa shape index (κ1) is 18.5. The Balaban J connectivity index is 1.98. The van der Waals surface area contributed by atoms with Crippen LogP contribution in [0.25, 0.3) is 12.2 Å². The van der Waals surface area contributed by atoms with Crippen molar-refractivity contribution in [1.82, 2.24) is 0 Å². The highest BCUT2D eigenvalue weighted by Crippen LogP contribution is 2.32. The van der Waals surface area contributed by atoms with Crippen LogP contribution < -0.4 is 0 Å². The van der Waals surface area contributed by atoms with Crippen molar-refractivity contribution in [2.45, 2.75) is 12.9 Å². The van der Waals surface area contributed by atoms with E-state index in [0.29, 0.717) is 10.0 Å². The van der Waals surface area contributed by atoms with Gasteiger partial charge in [0, 0.05) is 24.1 Å². The zero-order valence-corrected chi connectivity index (χ0v) is 15.7. The number of carbonyl (C=O) groups is 1. The average Bonchev–Trinajstić information content (AvgIpc) is 2.63. The van der Waals surface area contributed by atoms with Crippen LogP contribution in [-0.2, 0) is 19.0 Å². The third-order valence-electron chi connectivity index (χ3n) is 3.74. The fourth-order valence-corrected chi connectivity index (χ4v) is 2.58. The summed E-state index contributed by atoms with van der Waals surface area (Å²) < 4.78 is 16.5. The number of carbonyl (C=O) groups excluding carboxylic acids is 1. The molecule has 1 heterocycles. The van der Waals surface area contributed by atoms with Gasteiger partial charge in [0.2, 0.25) is 0 Å². The second-order valence-electron chi connectivity index (χ2n) is 5.72. The maximum Gasteiger partial charge on any atom is 0.368 e. The zero-order valence-electron chi connectivity index (χ0n) is 14.2. The lowest BCUT2D eigenvalue weighted by atomic mass is 10.1. The molecule has 0 saturated carbocycles. The number of methoxy groups -OCH3 is 1. The van der Waals surface area contributed by atoms with Gasteiger partial charge in [-0.2, -0.15) is 0 Å². The number of ether oxygens (including phenoxy) is 3. The topological polar surface area (TPSA) is 44.8 Å². The molecular formula is C20H16Cl2O4. The Morgan fingerprint density at radius 2 is 1.23 bits per heavy atom. The minimum absolute atomic E-state index is 0.114. The van der Waals surface area contributed by atoms with Crippen LogP contribution in [0.4, 0.5) is 0 Å². The van der Waals surface area contributed by atoms with Gasteiger partial charge in [0.05, 0.1) is 0 Å². The van der Waals surface area contributed by atoms with Crippen LogP contribution in [-0.4, -0.2) is 18.9 Å². The molecule has 1 aliphatic rings. The fourth-order valence-electron chi connectivity index (χ4n) is 2.33. The number of hydrogen-bond acceptors (Lipinski definition) is 4.